The van der Waals surface area contributed by atoms with Crippen molar-refractivity contribution in [1.29, 1.82) is 0 Å². The zero-order valence-corrected chi connectivity index (χ0v) is 16.3. The Hall–Kier alpha value is -1.88. The van der Waals surface area contributed by atoms with Crippen LogP contribution < -0.4 is 10.1 Å². The number of carbonyl (C=O) groups is 1. The third-order valence-corrected chi connectivity index (χ3v) is 8.50. The molecular formula is C18H16F4INO3. The summed E-state index contributed by atoms with van der Waals surface area (Å²) in [5.74, 6) is -1.39. The van der Waals surface area contributed by atoms with Gasteiger partial charge in [-0.25, -0.2) is 0 Å². The summed E-state index contributed by atoms with van der Waals surface area (Å²) in [5.41, 5.74) is 0.757. The van der Waals surface area contributed by atoms with E-state index >= 15 is 0 Å². The summed E-state index contributed by atoms with van der Waals surface area (Å²) < 4.78 is 62.1. The van der Waals surface area contributed by atoms with E-state index in [0.29, 0.717) is 13.0 Å². The van der Waals surface area contributed by atoms with Crippen LogP contribution in [0.15, 0.2) is 48.5 Å². The van der Waals surface area contributed by atoms with E-state index < -0.39 is 36.2 Å². The van der Waals surface area contributed by atoms with Crippen LogP contribution in [0.2, 0.25) is 0 Å². The molecule has 27 heavy (non-hydrogen) atoms. The van der Waals surface area contributed by atoms with Crippen molar-refractivity contribution in [3.8, 4) is 5.75 Å². The number of fused-ring (bicyclic) bond motifs is 1. The topological polar surface area (TPSA) is 47.6 Å². The number of ether oxygens (including phenoxy) is 1. The summed E-state index contributed by atoms with van der Waals surface area (Å²) in [6, 6.07) is 10.9. The molecule has 2 aromatic rings. The Kier molecular flexibility index (Phi) is 5.61. The number of benzene rings is 2. The van der Waals surface area contributed by atoms with Crippen molar-refractivity contribution in [2.45, 2.75) is 16.5 Å². The number of halogens is 5. The predicted octanol–water partition coefficient (Wildman–Crippen LogP) is 4.47. The van der Waals surface area contributed by atoms with Gasteiger partial charge in [-0.3, -0.25) is 0 Å². The van der Waals surface area contributed by atoms with Gasteiger partial charge in [-0.15, -0.1) is 0 Å². The predicted molar refractivity (Wildman–Crippen MR) is 99.2 cm³/mol. The van der Waals surface area contributed by atoms with Crippen molar-refractivity contribution < 1.29 is 30.2 Å². The van der Waals surface area contributed by atoms with Crippen molar-refractivity contribution >= 4 is 26.2 Å². The molecular weight excluding hydrogens is 481 g/mol. The summed E-state index contributed by atoms with van der Waals surface area (Å²) in [4.78, 5) is 11.7. The maximum absolute atomic E-state index is 14.6. The first kappa shape index (κ1) is 19.9. The first-order chi connectivity index (χ1) is 12.8. The van der Waals surface area contributed by atoms with Gasteiger partial charge in [-0.05, 0) is 0 Å². The molecule has 0 amide bonds. The second kappa shape index (κ2) is 7.63. The van der Waals surface area contributed by atoms with Crippen molar-refractivity contribution in [2.75, 3.05) is 13.6 Å². The molecule has 0 fully saturated rings. The molecule has 0 atom stereocenters. The molecule has 0 unspecified atom stereocenters. The second-order valence-corrected chi connectivity index (χ2v) is 10.1. The Morgan fingerprint density at radius 3 is 2.41 bits per heavy atom. The molecule has 0 saturated heterocycles. The van der Waals surface area contributed by atoms with Gasteiger partial charge in [-0.1, -0.05) is 0 Å². The summed E-state index contributed by atoms with van der Waals surface area (Å²) in [6.45, 7) is 0.688. The quantitative estimate of drug-likeness (QED) is 0.349. The Bertz CT molecular complexity index is 830. The van der Waals surface area contributed by atoms with E-state index in [-0.39, 0.29) is 14.9 Å². The Labute approximate surface area is 160 Å². The minimum atomic E-state index is -4.82. The minimum absolute atomic E-state index is 0.0907. The van der Waals surface area contributed by atoms with Crippen LogP contribution >= 0.6 is 20.2 Å². The molecule has 1 heterocycles. The number of hydrogen-bond acceptors (Lipinski definition) is 4. The fourth-order valence-corrected chi connectivity index (χ4v) is 6.43. The third-order valence-electron chi connectivity index (χ3n) is 3.80. The SMILES string of the molecule is CNCCc1ccc(OC(F)(F)C(F)(F)I2OC(=O)c3ccccc32)cc1. The summed E-state index contributed by atoms with van der Waals surface area (Å²) in [7, 11) is 1.78. The molecule has 0 spiro atoms. The van der Waals surface area contributed by atoms with Crippen LogP contribution in [-0.4, -0.2) is 29.6 Å². The third kappa shape index (κ3) is 3.88. The van der Waals surface area contributed by atoms with Crippen LogP contribution in [0.4, 0.5) is 17.6 Å². The fourth-order valence-electron chi connectivity index (χ4n) is 2.41. The zero-order valence-electron chi connectivity index (χ0n) is 14.1. The molecule has 3 rings (SSSR count). The van der Waals surface area contributed by atoms with E-state index in [4.69, 9.17) is 0 Å². The molecule has 0 saturated carbocycles. The number of nitrogens with one attached hydrogen (secondary N) is 1. The normalized spacial score (nSPS) is 15.4. The van der Waals surface area contributed by atoms with Crippen LogP contribution in [0.25, 0.3) is 0 Å². The van der Waals surface area contributed by atoms with E-state index in [1.807, 2.05) is 0 Å². The van der Waals surface area contributed by atoms with Gasteiger partial charge in [0.15, 0.2) is 0 Å². The van der Waals surface area contributed by atoms with Gasteiger partial charge in [0.1, 0.15) is 0 Å². The van der Waals surface area contributed by atoms with E-state index in [0.717, 1.165) is 5.56 Å². The average Bonchev–Trinajstić information content (AvgIpc) is 2.98. The van der Waals surface area contributed by atoms with Crippen molar-refractivity contribution in [2.24, 2.45) is 0 Å². The van der Waals surface area contributed by atoms with Gasteiger partial charge in [0.05, 0.1) is 0 Å². The molecule has 1 aliphatic heterocycles. The molecule has 0 radical (unpaired) electrons. The van der Waals surface area contributed by atoms with E-state index in [1.165, 1.54) is 48.5 Å². The van der Waals surface area contributed by atoms with Crippen molar-refractivity contribution in [3.63, 3.8) is 0 Å². The molecule has 9 heteroatoms. The fraction of sp³-hybridized carbons (Fsp3) is 0.278. The molecule has 0 aliphatic carbocycles. The van der Waals surface area contributed by atoms with Crippen LogP contribution in [-0.2, 0) is 9.49 Å². The van der Waals surface area contributed by atoms with Crippen LogP contribution in [0.1, 0.15) is 15.9 Å². The zero-order chi connectivity index (χ0) is 19.7. The Morgan fingerprint density at radius 1 is 1.07 bits per heavy atom. The van der Waals surface area contributed by atoms with Gasteiger partial charge in [0, 0.05) is 0 Å². The van der Waals surface area contributed by atoms with Gasteiger partial charge in [0.2, 0.25) is 0 Å². The van der Waals surface area contributed by atoms with E-state index in [9.17, 15) is 22.4 Å². The Morgan fingerprint density at radius 2 is 1.74 bits per heavy atom. The van der Waals surface area contributed by atoms with Gasteiger partial charge in [-0.2, -0.15) is 0 Å². The first-order valence-electron chi connectivity index (χ1n) is 7.96. The average molecular weight is 497 g/mol. The van der Waals surface area contributed by atoms with Crippen LogP contribution in [0.3, 0.4) is 0 Å². The molecule has 146 valence electrons. The summed E-state index contributed by atoms with van der Waals surface area (Å²) in [6.07, 6.45) is -4.16. The number of rotatable bonds is 7. The molecule has 4 nitrogen and oxygen atoms in total. The van der Waals surface area contributed by atoms with E-state index in [1.54, 1.807) is 7.05 Å². The van der Waals surface area contributed by atoms with Gasteiger partial charge >= 0.3 is 161 Å². The number of alkyl halides is 5. The number of hydrogen-bond donors (Lipinski definition) is 1. The molecule has 1 N–H and O–H groups in total. The molecule has 0 bridgehead atoms. The van der Waals surface area contributed by atoms with E-state index in [2.05, 4.69) is 13.1 Å². The summed E-state index contributed by atoms with van der Waals surface area (Å²) in [5, 5.41) is 2.95. The van der Waals surface area contributed by atoms with Crippen molar-refractivity contribution in [1.82, 2.24) is 5.32 Å². The van der Waals surface area contributed by atoms with Gasteiger partial charge < -0.3 is 0 Å². The maximum atomic E-state index is 14.6. The molecule has 0 aromatic heterocycles. The second-order valence-electron chi connectivity index (χ2n) is 5.71. The van der Waals surface area contributed by atoms with Crippen molar-refractivity contribution in [3.05, 3.63) is 63.2 Å². The van der Waals surface area contributed by atoms with Gasteiger partial charge in [0.25, 0.3) is 0 Å². The molecule has 1 aliphatic rings. The standard InChI is InChI=1S/C18H16F4INO3/c1-24-11-10-12-6-8-13(9-7-12)26-18(21,22)17(19,20)23-15-5-3-2-4-14(15)16(25)27-23/h2-9,24H,10-11H2,1H3. The Balaban J connectivity index is 1.80. The number of likely N-dealkylation sites (N-methyl/N-ethyl adjacent to an activating group) is 1. The molecule has 2 aromatic carbocycles. The van der Waals surface area contributed by atoms with Crippen LogP contribution in [0, 0.1) is 3.57 Å². The van der Waals surface area contributed by atoms with Crippen LogP contribution in [0.5, 0.6) is 5.75 Å². The summed E-state index contributed by atoms with van der Waals surface area (Å²) >= 11 is -4.32. The first-order valence-corrected chi connectivity index (χ1v) is 11.0. The number of carbonyl (C=O) groups excluding carboxylic acids is 1. The monoisotopic (exact) mass is 497 g/mol.